The first-order valence-electron chi connectivity index (χ1n) is 5.18. The summed E-state index contributed by atoms with van der Waals surface area (Å²) in [7, 11) is 0. The van der Waals surface area contributed by atoms with Crippen LogP contribution in [-0.4, -0.2) is 34.5 Å². The minimum Gasteiger partial charge on any atom is -0.481 e. The highest BCUT2D eigenvalue weighted by atomic mass is 16.4. The number of rotatable bonds is 3. The van der Waals surface area contributed by atoms with Crippen LogP contribution in [0.1, 0.15) is 32.1 Å². The molecule has 1 amide bonds. The molecule has 4 nitrogen and oxygen atoms in total. The highest BCUT2D eigenvalue weighted by Gasteiger charge is 2.37. The first-order valence-corrected chi connectivity index (χ1v) is 5.18. The lowest BCUT2D eigenvalue weighted by atomic mass is 9.92. The lowest BCUT2D eigenvalue weighted by Gasteiger charge is -2.34. The highest BCUT2D eigenvalue weighted by molar-refractivity contribution is 5.80. The van der Waals surface area contributed by atoms with Gasteiger partial charge in [-0.1, -0.05) is 0 Å². The third-order valence-corrected chi connectivity index (χ3v) is 3.22. The van der Waals surface area contributed by atoms with Crippen molar-refractivity contribution in [2.75, 3.05) is 6.54 Å². The van der Waals surface area contributed by atoms with Crippen LogP contribution in [0.2, 0.25) is 0 Å². The number of nitrogens with zero attached hydrogens (tertiary/aromatic N) is 1. The smallest absolute Gasteiger partial charge is 0.303 e. The van der Waals surface area contributed by atoms with Crippen molar-refractivity contribution in [2.24, 2.45) is 5.92 Å². The van der Waals surface area contributed by atoms with Crippen LogP contribution in [0.15, 0.2) is 0 Å². The Morgan fingerprint density at radius 1 is 1.50 bits per heavy atom. The summed E-state index contributed by atoms with van der Waals surface area (Å²) in [6, 6.07) is 0.418. The van der Waals surface area contributed by atoms with E-state index in [1.165, 1.54) is 6.42 Å². The van der Waals surface area contributed by atoms with Gasteiger partial charge in [0.2, 0.25) is 5.91 Å². The molecule has 0 bridgehead atoms. The third-order valence-electron chi connectivity index (χ3n) is 3.22. The molecule has 1 unspecified atom stereocenters. The average Bonchev–Trinajstić information content (AvgIpc) is 2.27. The maximum Gasteiger partial charge on any atom is 0.303 e. The predicted octanol–water partition coefficient (Wildman–Crippen LogP) is 0.862. The van der Waals surface area contributed by atoms with Crippen LogP contribution < -0.4 is 0 Å². The van der Waals surface area contributed by atoms with Crippen LogP contribution in [-0.2, 0) is 9.59 Å². The first-order chi connectivity index (χ1) is 6.66. The van der Waals surface area contributed by atoms with Gasteiger partial charge in [-0.15, -0.1) is 0 Å². The number of carboxylic acid groups (broad SMARTS) is 1. The summed E-state index contributed by atoms with van der Waals surface area (Å²) in [6.45, 7) is 0.662. The van der Waals surface area contributed by atoms with Gasteiger partial charge >= 0.3 is 5.97 Å². The van der Waals surface area contributed by atoms with Crippen LogP contribution in [0.25, 0.3) is 0 Å². The molecule has 1 atom stereocenters. The molecular weight excluding hydrogens is 182 g/mol. The number of carbonyl (C=O) groups is 2. The van der Waals surface area contributed by atoms with E-state index < -0.39 is 5.97 Å². The second-order valence-corrected chi connectivity index (χ2v) is 4.30. The van der Waals surface area contributed by atoms with E-state index >= 15 is 0 Å². The van der Waals surface area contributed by atoms with E-state index in [0.29, 0.717) is 19.0 Å². The summed E-state index contributed by atoms with van der Waals surface area (Å²) in [4.78, 5) is 23.9. The van der Waals surface area contributed by atoms with E-state index in [2.05, 4.69) is 0 Å². The van der Waals surface area contributed by atoms with Gasteiger partial charge in [0.1, 0.15) is 0 Å². The quantitative estimate of drug-likeness (QED) is 0.730. The van der Waals surface area contributed by atoms with Gasteiger partial charge in [-0.25, -0.2) is 0 Å². The van der Waals surface area contributed by atoms with Crippen LogP contribution in [0.5, 0.6) is 0 Å². The van der Waals surface area contributed by atoms with E-state index in [4.69, 9.17) is 5.11 Å². The SMILES string of the molecule is O=C(O)CC1CC(=O)N(C2CCC2)C1. The molecule has 0 aromatic rings. The van der Waals surface area contributed by atoms with Gasteiger partial charge in [-0.3, -0.25) is 9.59 Å². The Morgan fingerprint density at radius 2 is 2.21 bits per heavy atom. The number of amides is 1. The van der Waals surface area contributed by atoms with E-state index in [1.54, 1.807) is 0 Å². The molecule has 2 fully saturated rings. The minimum absolute atomic E-state index is 0.0422. The molecule has 0 aromatic carbocycles. The van der Waals surface area contributed by atoms with Gasteiger partial charge in [0.05, 0.1) is 6.42 Å². The summed E-state index contributed by atoms with van der Waals surface area (Å²) >= 11 is 0. The Kier molecular flexibility index (Phi) is 2.44. The molecule has 1 saturated heterocycles. The molecule has 1 N–H and O–H groups in total. The summed E-state index contributed by atoms with van der Waals surface area (Å²) in [5.74, 6) is -0.597. The standard InChI is InChI=1S/C10H15NO3/c12-9-4-7(5-10(13)14)6-11(9)8-2-1-3-8/h7-8H,1-6H2,(H,13,14). The lowest BCUT2D eigenvalue weighted by Crippen LogP contribution is -2.41. The summed E-state index contributed by atoms with van der Waals surface area (Å²) in [5, 5.41) is 8.63. The topological polar surface area (TPSA) is 57.6 Å². The molecule has 0 radical (unpaired) electrons. The molecule has 14 heavy (non-hydrogen) atoms. The number of likely N-dealkylation sites (tertiary alicyclic amines) is 1. The molecule has 2 aliphatic rings. The molecule has 4 heteroatoms. The molecule has 0 aromatic heterocycles. The number of aliphatic carboxylic acids is 1. The minimum atomic E-state index is -0.793. The van der Waals surface area contributed by atoms with Gasteiger partial charge in [-0.05, 0) is 25.2 Å². The third kappa shape index (κ3) is 1.74. The fourth-order valence-corrected chi connectivity index (χ4v) is 2.24. The zero-order chi connectivity index (χ0) is 10.1. The van der Waals surface area contributed by atoms with Gasteiger partial charge in [0.25, 0.3) is 0 Å². The van der Waals surface area contributed by atoms with Crippen molar-refractivity contribution < 1.29 is 14.7 Å². The average molecular weight is 197 g/mol. The summed E-state index contributed by atoms with van der Waals surface area (Å²) in [5.41, 5.74) is 0. The molecule has 1 aliphatic heterocycles. The van der Waals surface area contributed by atoms with Crippen LogP contribution in [0, 0.1) is 5.92 Å². The summed E-state index contributed by atoms with van der Waals surface area (Å²) in [6.07, 6.45) is 3.98. The Morgan fingerprint density at radius 3 is 2.71 bits per heavy atom. The van der Waals surface area contributed by atoms with Crippen molar-refractivity contribution in [3.8, 4) is 0 Å². The van der Waals surface area contributed by atoms with Crippen molar-refractivity contribution in [3.05, 3.63) is 0 Å². The Labute approximate surface area is 82.9 Å². The fraction of sp³-hybridized carbons (Fsp3) is 0.800. The van der Waals surface area contributed by atoms with Crippen LogP contribution in [0.4, 0.5) is 0 Å². The molecule has 1 aliphatic carbocycles. The van der Waals surface area contributed by atoms with Gasteiger partial charge in [0, 0.05) is 19.0 Å². The van der Waals surface area contributed by atoms with E-state index in [0.717, 1.165) is 12.8 Å². The van der Waals surface area contributed by atoms with Crippen LogP contribution >= 0.6 is 0 Å². The molecule has 78 valence electrons. The highest BCUT2D eigenvalue weighted by Crippen LogP contribution is 2.31. The molecule has 1 heterocycles. The Balaban J connectivity index is 1.89. The van der Waals surface area contributed by atoms with Gasteiger partial charge in [-0.2, -0.15) is 0 Å². The second-order valence-electron chi connectivity index (χ2n) is 4.30. The molecule has 1 saturated carbocycles. The van der Waals surface area contributed by atoms with Crippen molar-refractivity contribution in [1.82, 2.24) is 4.90 Å². The van der Waals surface area contributed by atoms with Crippen molar-refractivity contribution >= 4 is 11.9 Å². The van der Waals surface area contributed by atoms with E-state index in [9.17, 15) is 9.59 Å². The normalized spacial score (nSPS) is 27.9. The fourth-order valence-electron chi connectivity index (χ4n) is 2.24. The van der Waals surface area contributed by atoms with E-state index in [1.807, 2.05) is 4.90 Å². The Hall–Kier alpha value is -1.06. The number of hydrogen-bond donors (Lipinski definition) is 1. The maximum atomic E-state index is 11.5. The number of carboxylic acids is 1. The van der Waals surface area contributed by atoms with Crippen molar-refractivity contribution in [2.45, 2.75) is 38.1 Å². The van der Waals surface area contributed by atoms with Gasteiger partial charge in [0.15, 0.2) is 0 Å². The predicted molar refractivity (Wildman–Crippen MR) is 49.7 cm³/mol. The van der Waals surface area contributed by atoms with Crippen molar-refractivity contribution in [1.29, 1.82) is 0 Å². The number of carbonyl (C=O) groups excluding carboxylic acids is 1. The number of hydrogen-bond acceptors (Lipinski definition) is 2. The largest absolute Gasteiger partial charge is 0.481 e. The maximum absolute atomic E-state index is 11.5. The molecule has 0 spiro atoms. The monoisotopic (exact) mass is 197 g/mol. The first kappa shape index (κ1) is 9.49. The zero-order valence-corrected chi connectivity index (χ0v) is 8.11. The van der Waals surface area contributed by atoms with Crippen molar-refractivity contribution in [3.63, 3.8) is 0 Å². The summed E-state index contributed by atoms with van der Waals surface area (Å²) < 4.78 is 0. The lowest BCUT2D eigenvalue weighted by molar-refractivity contribution is -0.138. The Bertz CT molecular complexity index is 260. The second kappa shape index (κ2) is 3.59. The molecular formula is C10H15NO3. The zero-order valence-electron chi connectivity index (χ0n) is 8.11. The van der Waals surface area contributed by atoms with E-state index in [-0.39, 0.29) is 18.2 Å². The van der Waals surface area contributed by atoms with Crippen LogP contribution in [0.3, 0.4) is 0 Å². The molecule has 2 rings (SSSR count). The van der Waals surface area contributed by atoms with Gasteiger partial charge < -0.3 is 10.0 Å².